The molecule has 0 radical (unpaired) electrons. The summed E-state index contributed by atoms with van der Waals surface area (Å²) in [5.41, 5.74) is 1.97. The van der Waals surface area contributed by atoms with Gasteiger partial charge < -0.3 is 20.6 Å². The molecule has 5 rings (SSSR count). The topological polar surface area (TPSA) is 119 Å². The number of alkyl halides is 1. The fourth-order valence-electron chi connectivity index (χ4n) is 5.55. The van der Waals surface area contributed by atoms with E-state index < -0.39 is 17.7 Å². The van der Waals surface area contributed by atoms with Crippen molar-refractivity contribution in [3.63, 3.8) is 0 Å². The molecule has 9 nitrogen and oxygen atoms in total. The van der Waals surface area contributed by atoms with Gasteiger partial charge in [0.15, 0.2) is 0 Å². The van der Waals surface area contributed by atoms with Crippen molar-refractivity contribution in [2.45, 2.75) is 44.5 Å². The summed E-state index contributed by atoms with van der Waals surface area (Å²) in [4.78, 5) is 20.0. The minimum atomic E-state index is -1.61. The predicted octanol–water partition coefficient (Wildman–Crippen LogP) is 2.86. The van der Waals surface area contributed by atoms with E-state index in [2.05, 4.69) is 38.7 Å². The number of fused-ring (bicyclic) bond motifs is 2. The number of pyridine rings is 1. The van der Waals surface area contributed by atoms with Crippen molar-refractivity contribution in [3.05, 3.63) is 47.8 Å². The number of aromatic nitrogens is 3. The molecule has 0 spiro atoms. The third kappa shape index (κ3) is 5.15. The molecule has 2 aliphatic rings. The smallest absolute Gasteiger partial charge is 0.255 e. The maximum atomic E-state index is 14.3. The van der Waals surface area contributed by atoms with Crippen molar-refractivity contribution in [3.8, 4) is 17.5 Å². The lowest BCUT2D eigenvalue weighted by molar-refractivity contribution is -0.00177. The lowest BCUT2D eigenvalue weighted by Crippen LogP contribution is -2.42. The summed E-state index contributed by atoms with van der Waals surface area (Å²) in [6.45, 7) is 4.60. The third-order valence-electron chi connectivity index (χ3n) is 7.54. The zero-order chi connectivity index (χ0) is 26.3. The first kappa shape index (κ1) is 25.1. The number of carbonyl (C=O) groups excluding carboxylic acids is 1. The van der Waals surface area contributed by atoms with Crippen molar-refractivity contribution in [2.24, 2.45) is 11.8 Å². The van der Waals surface area contributed by atoms with E-state index >= 15 is 0 Å². The largest absolute Gasteiger partial charge is 0.387 e. The van der Waals surface area contributed by atoms with Crippen LogP contribution < -0.4 is 10.6 Å². The molecule has 3 aromatic heterocycles. The van der Waals surface area contributed by atoms with Crippen LogP contribution in [-0.4, -0.2) is 75.0 Å². The van der Waals surface area contributed by atoms with Gasteiger partial charge in [-0.3, -0.25) is 9.78 Å². The Balaban J connectivity index is 1.44. The Kier molecular flexibility index (Phi) is 6.60. The van der Waals surface area contributed by atoms with Crippen LogP contribution in [0.15, 0.2) is 36.7 Å². The summed E-state index contributed by atoms with van der Waals surface area (Å²) in [7, 11) is 2.15. The standard InChI is InChI=1S/C27H32FN7O2/c1-27(2,37)25(28)13-31-26(36)21-12-30-23(24-5-4-20-6-16(10-29)11-32-35(20)24)9-22(21)33-19-7-17-14-34(3)15-18(17)8-19/h4-6,9,11-12,17-19,25,37H,7-8,13-15H2,1-3H3,(H,30,33)(H,31,36)/t17-,18?,19?,25-/m1/s1. The van der Waals surface area contributed by atoms with Crippen molar-refractivity contribution in [2.75, 3.05) is 32.0 Å². The predicted molar refractivity (Wildman–Crippen MR) is 138 cm³/mol. The van der Waals surface area contributed by atoms with Gasteiger partial charge in [0.1, 0.15) is 12.2 Å². The van der Waals surface area contributed by atoms with Crippen LogP contribution >= 0.6 is 0 Å². The summed E-state index contributed by atoms with van der Waals surface area (Å²) in [6.07, 6.45) is 3.43. The molecule has 10 heteroatoms. The molecule has 37 heavy (non-hydrogen) atoms. The Morgan fingerprint density at radius 1 is 1.27 bits per heavy atom. The molecule has 0 aromatic carbocycles. The zero-order valence-corrected chi connectivity index (χ0v) is 21.3. The summed E-state index contributed by atoms with van der Waals surface area (Å²) in [5.74, 6) is 0.810. The molecule has 2 fully saturated rings. The van der Waals surface area contributed by atoms with E-state index in [1.54, 1.807) is 10.6 Å². The number of likely N-dealkylation sites (tertiary alicyclic amines) is 1. The van der Waals surface area contributed by atoms with Crippen LogP contribution in [0, 0.1) is 23.2 Å². The molecular formula is C27H32FN7O2. The molecular weight excluding hydrogens is 473 g/mol. The summed E-state index contributed by atoms with van der Waals surface area (Å²) >= 11 is 0. The fraction of sp³-hybridized carbons (Fsp3) is 0.481. The fourth-order valence-corrected chi connectivity index (χ4v) is 5.55. The molecule has 194 valence electrons. The average molecular weight is 506 g/mol. The highest BCUT2D eigenvalue weighted by atomic mass is 19.1. The number of anilines is 1. The van der Waals surface area contributed by atoms with Crippen LogP contribution in [0.3, 0.4) is 0 Å². The molecule has 1 amide bonds. The molecule has 2 unspecified atom stereocenters. The van der Waals surface area contributed by atoms with Crippen molar-refractivity contribution >= 4 is 17.1 Å². The van der Waals surface area contributed by atoms with Gasteiger partial charge in [-0.25, -0.2) is 8.91 Å². The summed E-state index contributed by atoms with van der Waals surface area (Å²) in [6, 6.07) is 9.64. The number of nitriles is 1. The normalized spacial score (nSPS) is 22.5. The number of halogens is 1. The Hall–Kier alpha value is -3.55. The van der Waals surface area contributed by atoms with Crippen LogP contribution in [-0.2, 0) is 0 Å². The number of carbonyl (C=O) groups is 1. The van der Waals surface area contributed by atoms with E-state index in [1.807, 2.05) is 18.2 Å². The van der Waals surface area contributed by atoms with E-state index in [1.165, 1.54) is 26.2 Å². The highest BCUT2D eigenvalue weighted by Gasteiger charge is 2.40. The molecule has 1 saturated heterocycles. The van der Waals surface area contributed by atoms with E-state index in [4.69, 9.17) is 0 Å². The molecule has 3 aromatic rings. The first-order valence-electron chi connectivity index (χ1n) is 12.6. The minimum absolute atomic E-state index is 0.219. The maximum absolute atomic E-state index is 14.3. The van der Waals surface area contributed by atoms with Gasteiger partial charge in [-0.2, -0.15) is 10.4 Å². The van der Waals surface area contributed by atoms with Crippen molar-refractivity contribution in [1.82, 2.24) is 24.8 Å². The summed E-state index contributed by atoms with van der Waals surface area (Å²) in [5, 5.41) is 29.6. The Morgan fingerprint density at radius 2 is 2.00 bits per heavy atom. The van der Waals surface area contributed by atoms with Crippen LogP contribution in [0.2, 0.25) is 0 Å². The average Bonchev–Trinajstić information content (AvgIpc) is 3.53. The van der Waals surface area contributed by atoms with Gasteiger partial charge in [0, 0.05) is 25.3 Å². The lowest BCUT2D eigenvalue weighted by atomic mass is 10.0. The van der Waals surface area contributed by atoms with Gasteiger partial charge in [0.2, 0.25) is 0 Å². The third-order valence-corrected chi connectivity index (χ3v) is 7.54. The van der Waals surface area contributed by atoms with Gasteiger partial charge in [-0.1, -0.05) is 0 Å². The number of rotatable bonds is 7. The van der Waals surface area contributed by atoms with E-state index in [-0.39, 0.29) is 12.6 Å². The SMILES string of the molecule is CN1CC2CC(Nc3cc(-c4ccc5cc(C#N)cnn45)ncc3C(=O)NC[C@@H](F)C(C)(C)O)C[C@@H]2C1. The molecule has 3 N–H and O–H groups in total. The lowest BCUT2D eigenvalue weighted by Gasteiger charge is -2.23. The number of hydrogen-bond acceptors (Lipinski definition) is 7. The van der Waals surface area contributed by atoms with Crippen LogP contribution in [0.5, 0.6) is 0 Å². The molecule has 1 aliphatic carbocycles. The quantitative estimate of drug-likeness (QED) is 0.452. The second-order valence-electron chi connectivity index (χ2n) is 10.9. The molecule has 0 bridgehead atoms. The zero-order valence-electron chi connectivity index (χ0n) is 21.3. The Bertz CT molecular complexity index is 1350. The Morgan fingerprint density at radius 3 is 2.68 bits per heavy atom. The number of amides is 1. The molecule has 1 saturated carbocycles. The first-order chi connectivity index (χ1) is 17.6. The second kappa shape index (κ2) is 9.72. The molecule has 1 aliphatic heterocycles. The van der Waals surface area contributed by atoms with Crippen molar-refractivity contribution in [1.29, 1.82) is 5.26 Å². The Labute approximate surface area is 215 Å². The van der Waals surface area contributed by atoms with Crippen LogP contribution in [0.25, 0.3) is 16.9 Å². The highest BCUT2D eigenvalue weighted by Crippen LogP contribution is 2.39. The molecule has 4 atom stereocenters. The van der Waals surface area contributed by atoms with Crippen LogP contribution in [0.1, 0.15) is 42.6 Å². The number of nitrogens with one attached hydrogen (secondary N) is 2. The number of nitrogens with zero attached hydrogens (tertiary/aromatic N) is 5. The first-order valence-corrected chi connectivity index (χ1v) is 12.6. The number of hydrogen-bond donors (Lipinski definition) is 3. The van der Waals surface area contributed by atoms with E-state index in [9.17, 15) is 19.6 Å². The highest BCUT2D eigenvalue weighted by molar-refractivity contribution is 6.00. The number of aliphatic hydroxyl groups is 1. The van der Waals surface area contributed by atoms with Gasteiger partial charge in [0.25, 0.3) is 5.91 Å². The van der Waals surface area contributed by atoms with E-state index in [0.717, 1.165) is 37.1 Å². The van der Waals surface area contributed by atoms with Crippen molar-refractivity contribution < 1.29 is 14.3 Å². The second-order valence-corrected chi connectivity index (χ2v) is 10.9. The van der Waals surface area contributed by atoms with Gasteiger partial charge in [0.05, 0.1) is 52.1 Å². The van der Waals surface area contributed by atoms with Gasteiger partial charge in [-0.15, -0.1) is 0 Å². The van der Waals surface area contributed by atoms with Gasteiger partial charge >= 0.3 is 0 Å². The maximum Gasteiger partial charge on any atom is 0.255 e. The van der Waals surface area contributed by atoms with E-state index in [0.29, 0.717) is 34.3 Å². The molecule has 4 heterocycles. The van der Waals surface area contributed by atoms with Crippen LogP contribution in [0.4, 0.5) is 10.1 Å². The minimum Gasteiger partial charge on any atom is -0.387 e. The monoisotopic (exact) mass is 505 g/mol. The summed E-state index contributed by atoms with van der Waals surface area (Å²) < 4.78 is 16.0. The van der Waals surface area contributed by atoms with Gasteiger partial charge in [-0.05, 0) is 69.8 Å².